The Balaban J connectivity index is 2.47. The lowest BCUT2D eigenvalue weighted by Crippen LogP contribution is -2.13. The van der Waals surface area contributed by atoms with Gasteiger partial charge in [0, 0.05) is 5.02 Å². The van der Waals surface area contributed by atoms with Crippen molar-refractivity contribution in [3.05, 3.63) is 34.9 Å². The number of benzene rings is 1. The van der Waals surface area contributed by atoms with Crippen LogP contribution in [0.1, 0.15) is 18.4 Å². The molecule has 0 fully saturated rings. The third-order valence-corrected chi connectivity index (χ3v) is 2.52. The summed E-state index contributed by atoms with van der Waals surface area (Å²) in [7, 11) is 0. The van der Waals surface area contributed by atoms with Crippen molar-refractivity contribution in [1.29, 1.82) is 0 Å². The molecule has 0 heterocycles. The Labute approximate surface area is 89.7 Å². The van der Waals surface area contributed by atoms with Gasteiger partial charge in [0.15, 0.2) is 0 Å². The van der Waals surface area contributed by atoms with Gasteiger partial charge in [-0.2, -0.15) is 0 Å². The zero-order chi connectivity index (χ0) is 10.4. The van der Waals surface area contributed by atoms with Crippen molar-refractivity contribution >= 4 is 11.6 Å². The summed E-state index contributed by atoms with van der Waals surface area (Å²) in [6.07, 6.45) is 1.87. The fourth-order valence-electron chi connectivity index (χ4n) is 1.37. The van der Waals surface area contributed by atoms with E-state index in [1.54, 1.807) is 0 Å². The van der Waals surface area contributed by atoms with Gasteiger partial charge in [-0.15, -0.1) is 0 Å². The van der Waals surface area contributed by atoms with E-state index in [2.05, 4.69) is 0 Å². The monoisotopic (exact) mass is 213 g/mol. The van der Waals surface area contributed by atoms with E-state index < -0.39 is 0 Å². The van der Waals surface area contributed by atoms with Gasteiger partial charge in [-0.3, -0.25) is 0 Å². The van der Waals surface area contributed by atoms with Crippen LogP contribution in [-0.4, -0.2) is 17.8 Å². The van der Waals surface area contributed by atoms with Crippen LogP contribution >= 0.6 is 11.6 Å². The largest absolute Gasteiger partial charge is 0.393 e. The molecule has 0 saturated carbocycles. The molecule has 0 saturated heterocycles. The summed E-state index contributed by atoms with van der Waals surface area (Å²) in [5, 5.41) is 10.4. The van der Waals surface area contributed by atoms with Crippen molar-refractivity contribution in [2.24, 2.45) is 5.73 Å². The summed E-state index contributed by atoms with van der Waals surface area (Å²) >= 11 is 5.97. The van der Waals surface area contributed by atoms with E-state index in [0.717, 1.165) is 23.4 Å². The zero-order valence-corrected chi connectivity index (χ0v) is 8.87. The van der Waals surface area contributed by atoms with Gasteiger partial charge in [0.2, 0.25) is 0 Å². The van der Waals surface area contributed by atoms with Gasteiger partial charge < -0.3 is 10.8 Å². The topological polar surface area (TPSA) is 46.2 Å². The molecule has 0 radical (unpaired) electrons. The number of hydrogen-bond donors (Lipinski definition) is 2. The van der Waals surface area contributed by atoms with Gasteiger partial charge >= 0.3 is 0 Å². The Kier molecular flexibility index (Phi) is 4.94. The van der Waals surface area contributed by atoms with Crippen LogP contribution in [0.5, 0.6) is 0 Å². The Morgan fingerprint density at radius 3 is 2.71 bits per heavy atom. The highest BCUT2D eigenvalue weighted by Crippen LogP contribution is 2.17. The second-order valence-corrected chi connectivity index (χ2v) is 3.79. The average molecular weight is 214 g/mol. The molecule has 1 aromatic carbocycles. The quantitative estimate of drug-likeness (QED) is 0.786. The molecule has 1 atom stereocenters. The molecule has 0 spiro atoms. The summed E-state index contributed by atoms with van der Waals surface area (Å²) < 4.78 is 0. The maximum Gasteiger partial charge on any atom is 0.0581 e. The number of halogens is 1. The van der Waals surface area contributed by atoms with Crippen LogP contribution in [0.4, 0.5) is 0 Å². The first-order chi connectivity index (χ1) is 6.74. The molecule has 0 aliphatic carbocycles. The molecule has 78 valence electrons. The van der Waals surface area contributed by atoms with Gasteiger partial charge in [-0.05, 0) is 37.4 Å². The van der Waals surface area contributed by atoms with Crippen LogP contribution < -0.4 is 5.73 Å². The van der Waals surface area contributed by atoms with Crippen molar-refractivity contribution in [2.45, 2.75) is 25.4 Å². The molecule has 1 rings (SSSR count). The van der Waals surface area contributed by atoms with E-state index in [1.165, 1.54) is 0 Å². The van der Waals surface area contributed by atoms with Gasteiger partial charge in [0.05, 0.1) is 6.10 Å². The first-order valence-electron chi connectivity index (χ1n) is 4.85. The second-order valence-electron chi connectivity index (χ2n) is 3.38. The molecule has 0 aliphatic heterocycles. The molecular weight excluding hydrogens is 198 g/mol. The number of aliphatic hydroxyl groups is 1. The summed E-state index contributed by atoms with van der Waals surface area (Å²) in [5.74, 6) is 0. The summed E-state index contributed by atoms with van der Waals surface area (Å²) in [5.41, 5.74) is 6.36. The predicted molar refractivity (Wildman–Crippen MR) is 59.5 cm³/mol. The van der Waals surface area contributed by atoms with E-state index in [9.17, 15) is 5.11 Å². The molecule has 14 heavy (non-hydrogen) atoms. The molecule has 3 N–H and O–H groups in total. The van der Waals surface area contributed by atoms with E-state index in [0.29, 0.717) is 13.0 Å². The Bertz CT molecular complexity index is 278. The maximum atomic E-state index is 9.64. The van der Waals surface area contributed by atoms with Crippen LogP contribution in [0.2, 0.25) is 5.02 Å². The minimum atomic E-state index is -0.335. The highest BCUT2D eigenvalue weighted by molar-refractivity contribution is 6.31. The molecule has 1 aromatic rings. The van der Waals surface area contributed by atoms with Crippen molar-refractivity contribution in [2.75, 3.05) is 6.54 Å². The molecule has 0 bridgehead atoms. The number of hydrogen-bond acceptors (Lipinski definition) is 2. The van der Waals surface area contributed by atoms with E-state index in [-0.39, 0.29) is 6.10 Å². The van der Waals surface area contributed by atoms with E-state index >= 15 is 0 Å². The van der Waals surface area contributed by atoms with Crippen molar-refractivity contribution < 1.29 is 5.11 Å². The van der Waals surface area contributed by atoms with Gasteiger partial charge in [-0.25, -0.2) is 0 Å². The molecule has 0 aromatic heterocycles. The Hall–Kier alpha value is -0.570. The lowest BCUT2D eigenvalue weighted by molar-refractivity contribution is 0.163. The normalized spacial score (nSPS) is 12.8. The molecule has 2 nitrogen and oxygen atoms in total. The SMILES string of the molecule is NCCCC(O)Cc1ccccc1Cl. The molecule has 0 aliphatic rings. The number of aliphatic hydroxyl groups excluding tert-OH is 1. The molecular formula is C11H16ClNO. The average Bonchev–Trinajstić information content (AvgIpc) is 2.18. The van der Waals surface area contributed by atoms with Crippen LogP contribution in [0.15, 0.2) is 24.3 Å². The fourth-order valence-corrected chi connectivity index (χ4v) is 1.59. The molecule has 0 amide bonds. The van der Waals surface area contributed by atoms with E-state index in [1.807, 2.05) is 24.3 Å². The van der Waals surface area contributed by atoms with Crippen molar-refractivity contribution in [3.63, 3.8) is 0 Å². The lowest BCUT2D eigenvalue weighted by atomic mass is 10.0. The Morgan fingerprint density at radius 1 is 1.36 bits per heavy atom. The Morgan fingerprint density at radius 2 is 2.07 bits per heavy atom. The standard InChI is InChI=1S/C11H16ClNO/c12-11-6-2-1-4-9(11)8-10(14)5-3-7-13/h1-2,4,6,10,14H,3,5,7-8,13H2. The second kappa shape index (κ2) is 6.02. The lowest BCUT2D eigenvalue weighted by Gasteiger charge is -2.10. The van der Waals surface area contributed by atoms with Crippen molar-refractivity contribution in [1.82, 2.24) is 0 Å². The van der Waals surface area contributed by atoms with Gasteiger partial charge in [0.1, 0.15) is 0 Å². The van der Waals surface area contributed by atoms with Crippen molar-refractivity contribution in [3.8, 4) is 0 Å². The zero-order valence-electron chi connectivity index (χ0n) is 8.12. The summed E-state index contributed by atoms with van der Waals surface area (Å²) in [6.45, 7) is 0.625. The third kappa shape index (κ3) is 3.66. The van der Waals surface area contributed by atoms with Gasteiger partial charge in [-0.1, -0.05) is 29.8 Å². The minimum Gasteiger partial charge on any atom is -0.393 e. The maximum absolute atomic E-state index is 9.64. The van der Waals surface area contributed by atoms with E-state index in [4.69, 9.17) is 17.3 Å². The number of nitrogens with two attached hydrogens (primary N) is 1. The number of rotatable bonds is 5. The van der Waals surface area contributed by atoms with Crippen LogP contribution in [-0.2, 0) is 6.42 Å². The molecule has 1 unspecified atom stereocenters. The highest BCUT2D eigenvalue weighted by Gasteiger charge is 2.07. The van der Waals surface area contributed by atoms with Gasteiger partial charge in [0.25, 0.3) is 0 Å². The third-order valence-electron chi connectivity index (χ3n) is 2.15. The van der Waals surface area contributed by atoms with Crippen LogP contribution in [0, 0.1) is 0 Å². The minimum absolute atomic E-state index is 0.335. The predicted octanol–water partition coefficient (Wildman–Crippen LogP) is 1.98. The first kappa shape index (κ1) is 11.5. The summed E-state index contributed by atoms with van der Waals surface area (Å²) in [4.78, 5) is 0. The fraction of sp³-hybridized carbons (Fsp3) is 0.455. The molecule has 3 heteroatoms. The van der Waals surface area contributed by atoms with Crippen LogP contribution in [0.3, 0.4) is 0 Å². The smallest absolute Gasteiger partial charge is 0.0581 e. The highest BCUT2D eigenvalue weighted by atomic mass is 35.5. The summed E-state index contributed by atoms with van der Waals surface area (Å²) in [6, 6.07) is 7.59. The first-order valence-corrected chi connectivity index (χ1v) is 5.23. The van der Waals surface area contributed by atoms with Crippen LogP contribution in [0.25, 0.3) is 0 Å².